The van der Waals surface area contributed by atoms with Gasteiger partial charge in [-0.25, -0.2) is 9.80 Å². The number of carbonyl (C=O) groups is 4. The summed E-state index contributed by atoms with van der Waals surface area (Å²) in [5.41, 5.74) is 8.89. The van der Waals surface area contributed by atoms with Crippen LogP contribution in [0, 0.1) is 0 Å². The molecule has 6 heteroatoms. The maximum atomic E-state index is 14.6. The minimum Gasteiger partial charge on any atom is -0.268 e. The van der Waals surface area contributed by atoms with E-state index in [0.29, 0.717) is 22.1 Å². The monoisotopic (exact) mass is 722 g/mol. The highest BCUT2D eigenvalue weighted by molar-refractivity contribution is 6.42. The first kappa shape index (κ1) is 32.9. The number of rotatable bonds is 6. The van der Waals surface area contributed by atoms with Gasteiger partial charge in [-0.2, -0.15) is 0 Å². The fraction of sp³-hybridized carbons (Fsp3) is 0. The zero-order valence-electron chi connectivity index (χ0n) is 29.8. The summed E-state index contributed by atoms with van der Waals surface area (Å²) in [6.45, 7) is 0. The molecule has 264 valence electrons. The van der Waals surface area contributed by atoms with Crippen LogP contribution in [-0.4, -0.2) is 23.6 Å². The second-order valence-corrected chi connectivity index (χ2v) is 13.9. The third-order valence-electron chi connectivity index (χ3n) is 10.8. The number of hydrogen-bond acceptors (Lipinski definition) is 4. The Balaban J connectivity index is 1.09. The first-order valence-electron chi connectivity index (χ1n) is 18.3. The van der Waals surface area contributed by atoms with Gasteiger partial charge in [0.2, 0.25) is 0 Å². The fourth-order valence-electron chi connectivity index (χ4n) is 8.09. The molecular weight excluding hydrogens is 693 g/mol. The van der Waals surface area contributed by atoms with E-state index in [0.717, 1.165) is 44.5 Å². The molecule has 2 aliphatic rings. The van der Waals surface area contributed by atoms with Gasteiger partial charge in [0.25, 0.3) is 23.6 Å². The molecule has 0 saturated carbocycles. The van der Waals surface area contributed by atoms with Crippen LogP contribution < -0.4 is 9.80 Å². The van der Waals surface area contributed by atoms with Crippen LogP contribution >= 0.6 is 0 Å². The van der Waals surface area contributed by atoms with Crippen LogP contribution in [0.5, 0.6) is 0 Å². The maximum absolute atomic E-state index is 14.6. The molecule has 2 heterocycles. The summed E-state index contributed by atoms with van der Waals surface area (Å²) in [6, 6.07) is 57.1. The molecule has 4 amide bonds. The Morgan fingerprint density at radius 1 is 0.250 bits per heavy atom. The number of nitrogens with zero attached hydrogens (tertiary/aromatic N) is 2. The largest absolute Gasteiger partial charge is 0.268 e. The van der Waals surface area contributed by atoms with Crippen molar-refractivity contribution in [2.45, 2.75) is 0 Å². The number of benzene rings is 8. The summed E-state index contributed by atoms with van der Waals surface area (Å²) in [5, 5.41) is 0.634. The van der Waals surface area contributed by atoms with E-state index in [1.807, 2.05) is 158 Å². The number of anilines is 2. The molecule has 0 saturated heterocycles. The van der Waals surface area contributed by atoms with Gasteiger partial charge in [0.05, 0.1) is 11.4 Å². The maximum Gasteiger partial charge on any atom is 0.266 e. The summed E-state index contributed by atoms with van der Waals surface area (Å²) >= 11 is 0. The van der Waals surface area contributed by atoms with Crippen LogP contribution in [0.1, 0.15) is 41.4 Å². The van der Waals surface area contributed by atoms with Gasteiger partial charge in [-0.1, -0.05) is 133 Å². The Hall–Kier alpha value is -7.70. The Morgan fingerprint density at radius 2 is 0.536 bits per heavy atom. The molecule has 0 aromatic heterocycles. The molecule has 8 aromatic rings. The van der Waals surface area contributed by atoms with Crippen LogP contribution in [0.3, 0.4) is 0 Å². The summed E-state index contributed by atoms with van der Waals surface area (Å²) in [4.78, 5) is 60.9. The Morgan fingerprint density at radius 3 is 0.839 bits per heavy atom. The van der Waals surface area contributed by atoms with E-state index in [4.69, 9.17) is 0 Å². The van der Waals surface area contributed by atoms with Crippen LogP contribution in [0.15, 0.2) is 182 Å². The van der Waals surface area contributed by atoms with E-state index in [2.05, 4.69) is 0 Å². The second kappa shape index (κ2) is 13.0. The minimum atomic E-state index is -0.527. The standard InChI is InChI=1S/C50H30N2O4/c53-47-37-23-25-39-46-40(50(56)52(49(39)55)44-28-22-36(32-15-7-2-8-16-32)30-42(44)34-19-11-4-12-20-34)26-24-38(45(37)46)48(54)51(47)43-27-21-35(31-13-5-1-6-14-31)29-41(43)33-17-9-3-10-18-33/h1-30H. The molecule has 0 bridgehead atoms. The highest BCUT2D eigenvalue weighted by Crippen LogP contribution is 2.44. The molecule has 0 aliphatic carbocycles. The third-order valence-corrected chi connectivity index (χ3v) is 10.8. The molecule has 10 rings (SSSR count). The molecule has 0 fully saturated rings. The highest BCUT2D eigenvalue weighted by Gasteiger charge is 2.41. The van der Waals surface area contributed by atoms with Gasteiger partial charge in [0, 0.05) is 44.2 Å². The normalized spacial score (nSPS) is 13.4. The number of carbonyl (C=O) groups excluding carboxylic acids is 4. The van der Waals surface area contributed by atoms with Gasteiger partial charge in [-0.3, -0.25) is 19.2 Å². The van der Waals surface area contributed by atoms with Crippen LogP contribution in [0.25, 0.3) is 55.3 Å². The van der Waals surface area contributed by atoms with Gasteiger partial charge < -0.3 is 0 Å². The summed E-state index contributed by atoms with van der Waals surface area (Å²) in [6.07, 6.45) is 0. The van der Waals surface area contributed by atoms with Gasteiger partial charge in [-0.05, 0) is 81.9 Å². The van der Waals surface area contributed by atoms with Crippen molar-refractivity contribution in [2.75, 3.05) is 9.80 Å². The molecule has 0 N–H and O–H groups in total. The lowest BCUT2D eigenvalue weighted by atomic mass is 9.85. The average Bonchev–Trinajstić information content (AvgIpc) is 3.26. The zero-order chi connectivity index (χ0) is 37.9. The highest BCUT2D eigenvalue weighted by atomic mass is 16.2. The number of imide groups is 2. The fourth-order valence-corrected chi connectivity index (χ4v) is 8.09. The predicted molar refractivity (Wildman–Crippen MR) is 221 cm³/mol. The lowest BCUT2D eigenvalue weighted by Gasteiger charge is -2.33. The van der Waals surface area contributed by atoms with Crippen molar-refractivity contribution in [3.8, 4) is 44.5 Å². The molecular formula is C50H30N2O4. The Bertz CT molecular complexity index is 2650. The van der Waals surface area contributed by atoms with E-state index < -0.39 is 23.6 Å². The minimum absolute atomic E-state index is 0.248. The van der Waals surface area contributed by atoms with Crippen molar-refractivity contribution in [3.05, 3.63) is 204 Å². The van der Waals surface area contributed by atoms with E-state index in [9.17, 15) is 19.2 Å². The van der Waals surface area contributed by atoms with Crippen molar-refractivity contribution in [1.82, 2.24) is 0 Å². The van der Waals surface area contributed by atoms with Crippen molar-refractivity contribution in [1.29, 1.82) is 0 Å². The van der Waals surface area contributed by atoms with Crippen molar-refractivity contribution in [3.63, 3.8) is 0 Å². The van der Waals surface area contributed by atoms with Crippen molar-refractivity contribution < 1.29 is 19.2 Å². The summed E-state index contributed by atoms with van der Waals surface area (Å²) in [7, 11) is 0. The molecule has 8 aromatic carbocycles. The molecule has 0 radical (unpaired) electrons. The van der Waals surface area contributed by atoms with Crippen molar-refractivity contribution >= 4 is 45.8 Å². The van der Waals surface area contributed by atoms with E-state index in [-0.39, 0.29) is 22.3 Å². The van der Waals surface area contributed by atoms with Gasteiger partial charge in [-0.15, -0.1) is 0 Å². The topological polar surface area (TPSA) is 74.8 Å². The molecule has 0 unspecified atom stereocenters. The number of hydrogen-bond donors (Lipinski definition) is 0. The number of amides is 4. The molecule has 2 aliphatic heterocycles. The van der Waals surface area contributed by atoms with Gasteiger partial charge >= 0.3 is 0 Å². The van der Waals surface area contributed by atoms with Gasteiger partial charge in [0.1, 0.15) is 0 Å². The van der Waals surface area contributed by atoms with E-state index >= 15 is 0 Å². The van der Waals surface area contributed by atoms with E-state index in [1.54, 1.807) is 24.3 Å². The van der Waals surface area contributed by atoms with Crippen LogP contribution in [0.2, 0.25) is 0 Å². The lowest BCUT2D eigenvalue weighted by Crippen LogP contribution is -2.43. The molecule has 56 heavy (non-hydrogen) atoms. The first-order chi connectivity index (χ1) is 27.5. The first-order valence-corrected chi connectivity index (χ1v) is 18.3. The van der Waals surface area contributed by atoms with E-state index in [1.165, 1.54) is 9.80 Å². The third kappa shape index (κ3) is 5.11. The predicted octanol–water partition coefficient (Wildman–Crippen LogP) is 11.1. The summed E-state index contributed by atoms with van der Waals surface area (Å²) in [5.74, 6) is -2.11. The quantitative estimate of drug-likeness (QED) is 0.160. The molecule has 0 atom stereocenters. The molecule has 0 spiro atoms. The smallest absolute Gasteiger partial charge is 0.266 e. The van der Waals surface area contributed by atoms with Crippen LogP contribution in [0.4, 0.5) is 11.4 Å². The van der Waals surface area contributed by atoms with Gasteiger partial charge in [0.15, 0.2) is 0 Å². The SMILES string of the molecule is O=C1c2ccc3c4c(ccc(c24)C(=O)N1c1ccc(-c2ccccc2)cc1-c1ccccc1)C(=O)N(c1ccc(-c2ccccc2)cc1-c1ccccc1)C3=O. The van der Waals surface area contributed by atoms with Crippen LogP contribution in [-0.2, 0) is 0 Å². The molecule has 6 nitrogen and oxygen atoms in total. The Labute approximate surface area is 322 Å². The lowest BCUT2D eigenvalue weighted by molar-refractivity contribution is 0.0873. The average molecular weight is 723 g/mol. The summed E-state index contributed by atoms with van der Waals surface area (Å²) < 4.78 is 0. The second-order valence-electron chi connectivity index (χ2n) is 13.9. The zero-order valence-corrected chi connectivity index (χ0v) is 29.8. The Kier molecular flexibility index (Phi) is 7.64. The van der Waals surface area contributed by atoms with Crippen molar-refractivity contribution in [2.24, 2.45) is 0 Å².